The minimum absolute atomic E-state index is 0.0853. The molecule has 0 aromatic heterocycles. The van der Waals surface area contributed by atoms with Crippen LogP contribution in [0.3, 0.4) is 0 Å². The van der Waals surface area contributed by atoms with E-state index in [1.165, 1.54) is 0 Å². The van der Waals surface area contributed by atoms with Crippen molar-refractivity contribution in [3.63, 3.8) is 0 Å². The summed E-state index contributed by atoms with van der Waals surface area (Å²) < 4.78 is 0. The van der Waals surface area contributed by atoms with E-state index in [9.17, 15) is 14.4 Å². The molecule has 128 valence electrons. The molecule has 4 amide bonds. The summed E-state index contributed by atoms with van der Waals surface area (Å²) in [6.45, 7) is 0.429. The van der Waals surface area contributed by atoms with Crippen molar-refractivity contribution in [1.29, 1.82) is 0 Å². The standard InChI is InChI=1S/C16H19ClN4O3/c17-11-5-1-2-6-12(11)18-9-13(22)19-8-10-4-3-7-16(10)14(23)20-15(24)21-16/h1-2,5-6,10,18H,3-4,7-9H2,(H,19,22)(H2,20,21,23,24). The molecule has 1 heterocycles. The van der Waals surface area contributed by atoms with Crippen LogP contribution in [0.2, 0.25) is 5.02 Å². The number of carbonyl (C=O) groups is 3. The van der Waals surface area contributed by atoms with Crippen LogP contribution in [-0.2, 0) is 9.59 Å². The van der Waals surface area contributed by atoms with E-state index >= 15 is 0 Å². The highest BCUT2D eigenvalue weighted by Gasteiger charge is 2.54. The van der Waals surface area contributed by atoms with Crippen LogP contribution in [0.1, 0.15) is 19.3 Å². The Bertz CT molecular complexity index is 681. The molecule has 24 heavy (non-hydrogen) atoms. The summed E-state index contributed by atoms with van der Waals surface area (Å²) in [6, 6.07) is 6.72. The Morgan fingerprint density at radius 3 is 2.83 bits per heavy atom. The van der Waals surface area contributed by atoms with Crippen LogP contribution in [-0.4, -0.2) is 36.5 Å². The number of carbonyl (C=O) groups excluding carboxylic acids is 3. The lowest BCUT2D eigenvalue weighted by Gasteiger charge is -2.28. The van der Waals surface area contributed by atoms with Gasteiger partial charge in [-0.2, -0.15) is 0 Å². The van der Waals surface area contributed by atoms with Gasteiger partial charge in [0, 0.05) is 12.5 Å². The number of imide groups is 1. The molecular formula is C16H19ClN4O3. The van der Waals surface area contributed by atoms with Crippen molar-refractivity contribution in [2.24, 2.45) is 5.92 Å². The summed E-state index contributed by atoms with van der Waals surface area (Å²) in [5.74, 6) is -0.589. The SMILES string of the molecule is O=C(CNc1ccccc1Cl)NCC1CCCC12NC(=O)NC2=O. The Labute approximate surface area is 144 Å². The normalized spacial score (nSPS) is 25.5. The van der Waals surface area contributed by atoms with Crippen molar-refractivity contribution in [1.82, 2.24) is 16.0 Å². The van der Waals surface area contributed by atoms with Gasteiger partial charge in [0.1, 0.15) is 5.54 Å². The molecule has 2 aliphatic rings. The molecule has 1 saturated carbocycles. The molecule has 0 bridgehead atoms. The highest BCUT2D eigenvalue weighted by molar-refractivity contribution is 6.33. The number of anilines is 1. The first kappa shape index (κ1) is 16.6. The van der Waals surface area contributed by atoms with Crippen LogP contribution in [0.5, 0.6) is 0 Å². The van der Waals surface area contributed by atoms with E-state index in [1.54, 1.807) is 12.1 Å². The predicted molar refractivity (Wildman–Crippen MR) is 89.7 cm³/mol. The van der Waals surface area contributed by atoms with E-state index in [2.05, 4.69) is 21.3 Å². The fraction of sp³-hybridized carbons (Fsp3) is 0.438. The first-order chi connectivity index (χ1) is 11.5. The van der Waals surface area contributed by atoms with Crippen molar-refractivity contribution in [3.8, 4) is 0 Å². The van der Waals surface area contributed by atoms with E-state index < -0.39 is 11.6 Å². The summed E-state index contributed by atoms with van der Waals surface area (Å²) in [7, 11) is 0. The van der Waals surface area contributed by atoms with Gasteiger partial charge in [0.2, 0.25) is 5.91 Å². The molecule has 2 unspecified atom stereocenters. The zero-order valence-electron chi connectivity index (χ0n) is 13.0. The second-order valence-corrected chi connectivity index (χ2v) is 6.51. The lowest BCUT2D eigenvalue weighted by atomic mass is 9.87. The van der Waals surface area contributed by atoms with E-state index in [0.29, 0.717) is 23.7 Å². The van der Waals surface area contributed by atoms with E-state index in [4.69, 9.17) is 11.6 Å². The maximum Gasteiger partial charge on any atom is 0.322 e. The maximum atomic E-state index is 12.1. The molecule has 1 aliphatic carbocycles. The molecule has 0 radical (unpaired) electrons. The predicted octanol–water partition coefficient (Wildman–Crippen LogP) is 1.25. The smallest absolute Gasteiger partial charge is 0.322 e. The fourth-order valence-corrected chi connectivity index (χ4v) is 3.61. The van der Waals surface area contributed by atoms with Crippen LogP contribution in [0, 0.1) is 5.92 Å². The van der Waals surface area contributed by atoms with Gasteiger partial charge in [0.15, 0.2) is 0 Å². The number of para-hydroxylation sites is 1. The monoisotopic (exact) mass is 350 g/mol. The largest absolute Gasteiger partial charge is 0.375 e. The summed E-state index contributed by atoms with van der Waals surface area (Å²) >= 11 is 6.02. The number of rotatable bonds is 5. The Hall–Kier alpha value is -2.28. The van der Waals surface area contributed by atoms with Gasteiger partial charge in [0.05, 0.1) is 17.3 Å². The summed E-state index contributed by atoms with van der Waals surface area (Å²) in [6.07, 6.45) is 2.22. The minimum atomic E-state index is -0.874. The van der Waals surface area contributed by atoms with Crippen molar-refractivity contribution in [2.75, 3.05) is 18.4 Å². The molecule has 1 aromatic carbocycles. The molecule has 1 aliphatic heterocycles. The van der Waals surface area contributed by atoms with Gasteiger partial charge in [0.25, 0.3) is 5.91 Å². The molecule has 7 nitrogen and oxygen atoms in total. The maximum absolute atomic E-state index is 12.1. The Morgan fingerprint density at radius 2 is 2.12 bits per heavy atom. The van der Waals surface area contributed by atoms with Gasteiger partial charge in [-0.3, -0.25) is 14.9 Å². The third-order valence-electron chi connectivity index (χ3n) is 4.65. The highest BCUT2D eigenvalue weighted by atomic mass is 35.5. The lowest BCUT2D eigenvalue weighted by Crippen LogP contribution is -2.53. The molecule has 8 heteroatoms. The van der Waals surface area contributed by atoms with E-state index in [0.717, 1.165) is 12.8 Å². The van der Waals surface area contributed by atoms with Crippen LogP contribution in [0.25, 0.3) is 0 Å². The minimum Gasteiger partial charge on any atom is -0.375 e. The van der Waals surface area contributed by atoms with E-state index in [-0.39, 0.29) is 24.3 Å². The zero-order chi connectivity index (χ0) is 17.2. The fourth-order valence-electron chi connectivity index (χ4n) is 3.40. The Kier molecular flexibility index (Phi) is 4.62. The zero-order valence-corrected chi connectivity index (χ0v) is 13.8. The van der Waals surface area contributed by atoms with Crippen LogP contribution >= 0.6 is 11.6 Å². The van der Waals surface area contributed by atoms with Crippen LogP contribution in [0.4, 0.5) is 10.5 Å². The number of amides is 4. The number of hydrogen-bond acceptors (Lipinski definition) is 4. The van der Waals surface area contributed by atoms with Gasteiger partial charge in [-0.05, 0) is 25.0 Å². The summed E-state index contributed by atoms with van der Waals surface area (Å²) in [4.78, 5) is 35.5. The van der Waals surface area contributed by atoms with Crippen molar-refractivity contribution < 1.29 is 14.4 Å². The third kappa shape index (κ3) is 3.17. The molecule has 1 saturated heterocycles. The number of urea groups is 1. The number of benzene rings is 1. The topological polar surface area (TPSA) is 99.3 Å². The second kappa shape index (κ2) is 6.68. The van der Waals surface area contributed by atoms with Gasteiger partial charge in [-0.25, -0.2) is 4.79 Å². The molecular weight excluding hydrogens is 332 g/mol. The molecule has 1 aromatic rings. The third-order valence-corrected chi connectivity index (χ3v) is 4.98. The molecule has 2 fully saturated rings. The van der Waals surface area contributed by atoms with Crippen LogP contribution < -0.4 is 21.3 Å². The lowest BCUT2D eigenvalue weighted by molar-refractivity contribution is -0.126. The molecule has 2 atom stereocenters. The van der Waals surface area contributed by atoms with Gasteiger partial charge >= 0.3 is 6.03 Å². The molecule has 3 rings (SSSR count). The van der Waals surface area contributed by atoms with Gasteiger partial charge in [-0.1, -0.05) is 30.2 Å². The molecule has 1 spiro atoms. The molecule has 4 N–H and O–H groups in total. The number of nitrogens with one attached hydrogen (secondary N) is 4. The Balaban J connectivity index is 1.52. The first-order valence-corrected chi connectivity index (χ1v) is 8.28. The van der Waals surface area contributed by atoms with Crippen LogP contribution in [0.15, 0.2) is 24.3 Å². The summed E-state index contributed by atoms with van der Waals surface area (Å²) in [5.41, 5.74) is -0.186. The second-order valence-electron chi connectivity index (χ2n) is 6.11. The first-order valence-electron chi connectivity index (χ1n) is 7.90. The highest BCUT2D eigenvalue weighted by Crippen LogP contribution is 2.37. The van der Waals surface area contributed by atoms with Crippen molar-refractivity contribution in [3.05, 3.63) is 29.3 Å². The van der Waals surface area contributed by atoms with Gasteiger partial charge < -0.3 is 16.0 Å². The van der Waals surface area contributed by atoms with E-state index in [1.807, 2.05) is 12.1 Å². The number of halogens is 1. The Morgan fingerprint density at radius 1 is 1.33 bits per heavy atom. The van der Waals surface area contributed by atoms with Crippen molar-refractivity contribution in [2.45, 2.75) is 24.8 Å². The van der Waals surface area contributed by atoms with Gasteiger partial charge in [-0.15, -0.1) is 0 Å². The average molecular weight is 351 g/mol. The number of hydrogen-bond donors (Lipinski definition) is 4. The quantitative estimate of drug-likeness (QED) is 0.600. The summed E-state index contributed by atoms with van der Waals surface area (Å²) in [5, 5.41) is 11.4. The van der Waals surface area contributed by atoms with Crippen molar-refractivity contribution >= 4 is 35.1 Å². The average Bonchev–Trinajstić information content (AvgIpc) is 3.08.